The molecule has 3 aromatic rings. The van der Waals surface area contributed by atoms with Crippen LogP contribution >= 0.6 is 11.3 Å². The van der Waals surface area contributed by atoms with E-state index in [0.29, 0.717) is 22.7 Å². The number of ketones is 1. The third-order valence-electron chi connectivity index (χ3n) is 5.71. The van der Waals surface area contributed by atoms with Crippen LogP contribution in [-0.4, -0.2) is 40.1 Å². The maximum absolute atomic E-state index is 13.2. The molecule has 4 rings (SSSR count). The molecular weight excluding hydrogens is 410 g/mol. The molecule has 0 bridgehead atoms. The molecule has 2 N–H and O–H groups in total. The zero-order valence-corrected chi connectivity index (χ0v) is 18.3. The number of rotatable bonds is 8. The zero-order valence-electron chi connectivity index (χ0n) is 17.5. The molecule has 31 heavy (non-hydrogen) atoms. The summed E-state index contributed by atoms with van der Waals surface area (Å²) in [4.78, 5) is 22.2. The van der Waals surface area contributed by atoms with Gasteiger partial charge in [0.15, 0.2) is 0 Å². The number of anilines is 1. The van der Waals surface area contributed by atoms with E-state index in [9.17, 15) is 9.90 Å². The van der Waals surface area contributed by atoms with Gasteiger partial charge in [0.05, 0.1) is 23.7 Å². The summed E-state index contributed by atoms with van der Waals surface area (Å²) >= 11 is 1.44. The second kappa shape index (κ2) is 9.58. The third-order valence-corrected chi connectivity index (χ3v) is 6.69. The van der Waals surface area contributed by atoms with Gasteiger partial charge in [0.1, 0.15) is 17.9 Å². The predicted molar refractivity (Wildman–Crippen MR) is 122 cm³/mol. The number of nitrogens with zero attached hydrogens (tertiary/aromatic N) is 2. The van der Waals surface area contributed by atoms with Crippen molar-refractivity contribution in [2.75, 3.05) is 12.4 Å². The molecule has 1 aliphatic rings. The highest BCUT2D eigenvalue weighted by Crippen LogP contribution is 2.29. The number of carbonyl (C=O) groups is 1. The van der Waals surface area contributed by atoms with E-state index in [1.165, 1.54) is 17.7 Å². The van der Waals surface area contributed by atoms with Gasteiger partial charge in [0, 0.05) is 12.2 Å². The molecule has 1 saturated carbocycles. The Labute approximate surface area is 186 Å². The first-order valence-corrected chi connectivity index (χ1v) is 11.2. The standard InChI is InChI=1S/C24H26N3O3S/c1-15-9-18(11-20(15)28)27-24-19(12-25-14-26-24)23(29)22-10-16(13-31-22)7-8-17-5-3-4-6-21(17)30-2/h3-6,10,12-15,18,20,28H,1,7-9,11H2,2H3,(H,25,26,27)/t15-,18-,20+/m1/s1. The fraction of sp³-hybridized carbons (Fsp3) is 0.333. The minimum atomic E-state index is -0.429. The minimum Gasteiger partial charge on any atom is -0.496 e. The van der Waals surface area contributed by atoms with Gasteiger partial charge in [-0.1, -0.05) is 18.2 Å². The van der Waals surface area contributed by atoms with Crippen molar-refractivity contribution in [3.8, 4) is 5.75 Å². The Bertz CT molecular complexity index is 1040. The second-order valence-corrected chi connectivity index (χ2v) is 8.80. The summed E-state index contributed by atoms with van der Waals surface area (Å²) in [7, 11) is 1.68. The first-order chi connectivity index (χ1) is 15.0. The van der Waals surface area contributed by atoms with E-state index in [0.717, 1.165) is 36.1 Å². The van der Waals surface area contributed by atoms with E-state index >= 15 is 0 Å². The van der Waals surface area contributed by atoms with Crippen molar-refractivity contribution in [3.63, 3.8) is 0 Å². The summed E-state index contributed by atoms with van der Waals surface area (Å²) in [5.74, 6) is 1.28. The number of para-hydroxylation sites is 1. The number of carbonyl (C=O) groups excluding carboxylic acids is 1. The normalized spacial score (nSPS) is 20.5. The largest absolute Gasteiger partial charge is 0.496 e. The summed E-state index contributed by atoms with van der Waals surface area (Å²) in [6.45, 7) is 3.97. The zero-order chi connectivity index (χ0) is 21.8. The SMILES string of the molecule is [CH2][C@@H]1C[C@@H](Nc2ncncc2C(=O)c2cc(CCc3ccccc3OC)cs2)C[C@@H]1O. The summed E-state index contributed by atoms with van der Waals surface area (Å²) < 4.78 is 5.42. The van der Waals surface area contributed by atoms with Crippen LogP contribution in [0.4, 0.5) is 5.82 Å². The minimum absolute atomic E-state index is 0.0124. The Balaban J connectivity index is 1.45. The first kappa shape index (κ1) is 21.5. The lowest BCUT2D eigenvalue weighted by molar-refractivity contribution is 0.104. The molecule has 1 radical (unpaired) electrons. The molecule has 7 heteroatoms. The van der Waals surface area contributed by atoms with E-state index in [2.05, 4.69) is 28.3 Å². The molecule has 0 aliphatic heterocycles. The highest BCUT2D eigenvalue weighted by molar-refractivity contribution is 7.12. The van der Waals surface area contributed by atoms with Crippen LogP contribution in [-0.2, 0) is 12.8 Å². The number of aliphatic hydroxyl groups excluding tert-OH is 1. The van der Waals surface area contributed by atoms with Crippen molar-refractivity contribution in [1.82, 2.24) is 9.97 Å². The van der Waals surface area contributed by atoms with Crippen molar-refractivity contribution < 1.29 is 14.6 Å². The average molecular weight is 437 g/mol. The molecule has 2 heterocycles. The van der Waals surface area contributed by atoms with Crippen LogP contribution in [0.3, 0.4) is 0 Å². The van der Waals surface area contributed by atoms with Crippen molar-refractivity contribution in [1.29, 1.82) is 0 Å². The Morgan fingerprint density at radius 2 is 2.16 bits per heavy atom. The van der Waals surface area contributed by atoms with Gasteiger partial charge in [0.25, 0.3) is 0 Å². The Hall–Kier alpha value is -2.77. The number of aryl methyl sites for hydroxylation is 2. The lowest BCUT2D eigenvalue weighted by Gasteiger charge is -2.15. The van der Waals surface area contributed by atoms with Gasteiger partial charge in [-0.05, 0) is 67.2 Å². The Morgan fingerprint density at radius 3 is 2.94 bits per heavy atom. The predicted octanol–water partition coefficient (Wildman–Crippen LogP) is 3.95. The summed E-state index contributed by atoms with van der Waals surface area (Å²) in [5, 5.41) is 15.3. The topological polar surface area (TPSA) is 84.3 Å². The lowest BCUT2D eigenvalue weighted by atomic mass is 10.0. The van der Waals surface area contributed by atoms with Crippen LogP contribution in [0.25, 0.3) is 0 Å². The van der Waals surface area contributed by atoms with Gasteiger partial charge in [-0.3, -0.25) is 4.79 Å². The number of methoxy groups -OCH3 is 1. The molecule has 0 saturated heterocycles. The molecule has 2 aromatic heterocycles. The molecular formula is C24H26N3O3S. The number of benzene rings is 1. The second-order valence-electron chi connectivity index (χ2n) is 7.89. The maximum atomic E-state index is 13.2. The van der Waals surface area contributed by atoms with E-state index in [1.807, 2.05) is 29.6 Å². The molecule has 0 unspecified atom stereocenters. The van der Waals surface area contributed by atoms with Gasteiger partial charge in [0.2, 0.25) is 5.78 Å². The molecule has 1 aliphatic carbocycles. The molecule has 3 atom stereocenters. The molecule has 6 nitrogen and oxygen atoms in total. The quantitative estimate of drug-likeness (QED) is 0.520. The van der Waals surface area contributed by atoms with Crippen LogP contribution in [0.15, 0.2) is 48.2 Å². The van der Waals surface area contributed by atoms with Crippen molar-refractivity contribution in [2.45, 2.75) is 37.8 Å². The van der Waals surface area contributed by atoms with Gasteiger partial charge in [-0.25, -0.2) is 9.97 Å². The number of hydrogen-bond acceptors (Lipinski definition) is 7. The van der Waals surface area contributed by atoms with Crippen LogP contribution in [0.5, 0.6) is 5.75 Å². The van der Waals surface area contributed by atoms with Crippen molar-refractivity contribution in [3.05, 3.63) is 76.7 Å². The van der Waals surface area contributed by atoms with Crippen LogP contribution in [0, 0.1) is 12.8 Å². The van der Waals surface area contributed by atoms with E-state index in [4.69, 9.17) is 4.74 Å². The van der Waals surface area contributed by atoms with Gasteiger partial charge >= 0.3 is 0 Å². The molecule has 1 fully saturated rings. The number of thiophene rings is 1. The van der Waals surface area contributed by atoms with Crippen molar-refractivity contribution >= 4 is 22.9 Å². The number of nitrogens with one attached hydrogen (secondary N) is 1. The number of aromatic nitrogens is 2. The molecule has 0 amide bonds. The smallest absolute Gasteiger partial charge is 0.208 e. The van der Waals surface area contributed by atoms with Crippen LogP contribution in [0.2, 0.25) is 0 Å². The monoisotopic (exact) mass is 436 g/mol. The lowest BCUT2D eigenvalue weighted by Crippen LogP contribution is -2.20. The number of hydrogen-bond donors (Lipinski definition) is 2. The summed E-state index contributed by atoms with van der Waals surface area (Å²) in [6, 6.07) is 9.98. The van der Waals surface area contributed by atoms with Gasteiger partial charge < -0.3 is 15.2 Å². The molecule has 161 valence electrons. The molecule has 1 aromatic carbocycles. The Morgan fingerprint density at radius 1 is 1.32 bits per heavy atom. The van der Waals surface area contributed by atoms with Crippen LogP contribution < -0.4 is 10.1 Å². The average Bonchev–Trinajstić information content (AvgIpc) is 3.38. The fourth-order valence-corrected chi connectivity index (χ4v) is 4.87. The highest BCUT2D eigenvalue weighted by atomic mass is 32.1. The third kappa shape index (κ3) is 4.94. The fourth-order valence-electron chi connectivity index (χ4n) is 3.97. The van der Waals surface area contributed by atoms with E-state index < -0.39 is 6.10 Å². The number of aliphatic hydroxyl groups is 1. The summed E-state index contributed by atoms with van der Waals surface area (Å²) in [5.41, 5.74) is 2.71. The maximum Gasteiger partial charge on any atom is 0.208 e. The Kier molecular flexibility index (Phi) is 6.63. The highest BCUT2D eigenvalue weighted by Gasteiger charge is 2.31. The van der Waals surface area contributed by atoms with E-state index in [1.54, 1.807) is 13.3 Å². The van der Waals surface area contributed by atoms with Gasteiger partial charge in [-0.15, -0.1) is 11.3 Å². The molecule has 0 spiro atoms. The summed E-state index contributed by atoms with van der Waals surface area (Å²) in [6.07, 6.45) is 5.56. The first-order valence-electron chi connectivity index (χ1n) is 10.4. The van der Waals surface area contributed by atoms with Crippen molar-refractivity contribution in [2.24, 2.45) is 5.92 Å². The number of ether oxygens (including phenoxy) is 1. The van der Waals surface area contributed by atoms with E-state index in [-0.39, 0.29) is 17.7 Å². The van der Waals surface area contributed by atoms with Crippen LogP contribution in [0.1, 0.15) is 39.2 Å². The van der Waals surface area contributed by atoms with Gasteiger partial charge in [-0.2, -0.15) is 0 Å².